The van der Waals surface area contributed by atoms with Crippen LogP contribution in [0.4, 0.5) is 0 Å². The Morgan fingerprint density at radius 2 is 0.776 bits per heavy atom. The van der Waals surface area contributed by atoms with Gasteiger partial charge in [0.25, 0.3) is 0 Å². The van der Waals surface area contributed by atoms with Crippen LogP contribution in [0, 0.1) is 0 Å². The Morgan fingerprint density at radius 3 is 1.33 bits per heavy atom. The van der Waals surface area contributed by atoms with Crippen molar-refractivity contribution < 1.29 is 4.57 Å². The van der Waals surface area contributed by atoms with Crippen molar-refractivity contribution >= 4 is 76.9 Å². The van der Waals surface area contributed by atoms with Gasteiger partial charge in [-0.3, -0.25) is 0 Å². The number of fused-ring (bicyclic) bond motifs is 11. The van der Waals surface area contributed by atoms with Gasteiger partial charge in [0.2, 0.25) is 0 Å². The molecule has 49 heavy (non-hydrogen) atoms. The largest absolute Gasteiger partial charge is 0.309 e. The molecule has 0 aliphatic heterocycles. The first kappa shape index (κ1) is 28.5. The second-order valence-electron chi connectivity index (χ2n) is 14.1. The van der Waals surface area contributed by atoms with Gasteiger partial charge in [0.1, 0.15) is 0 Å². The average Bonchev–Trinajstić information content (AvgIpc) is 3.38. The van der Waals surface area contributed by atoms with Gasteiger partial charge in [-0.15, -0.1) is 0 Å². The molecule has 0 aromatic heterocycles. The van der Waals surface area contributed by atoms with Crippen molar-refractivity contribution in [1.29, 1.82) is 0 Å². The Kier molecular flexibility index (Phi) is 5.97. The maximum Gasteiger partial charge on any atom is 0.171 e. The van der Waals surface area contributed by atoms with Gasteiger partial charge in [0.15, 0.2) is 7.14 Å². The SMILES string of the molecule is CC1(C)c2cc(P(=O)(c3ccc4ccccc4c3)c3ccc4ccccc4c3)ccc2-c2cc3c4ccccc4c4ccccc4c3cc21. The summed E-state index contributed by atoms with van der Waals surface area (Å²) in [7, 11) is -3.28. The van der Waals surface area contributed by atoms with Crippen molar-refractivity contribution in [2.24, 2.45) is 0 Å². The first-order chi connectivity index (χ1) is 23.9. The monoisotopic (exact) mass is 644 g/mol. The number of rotatable bonds is 3. The first-order valence-corrected chi connectivity index (χ1v) is 18.7. The maximum atomic E-state index is 16.1. The lowest BCUT2D eigenvalue weighted by Crippen LogP contribution is -2.26. The molecule has 1 aliphatic carbocycles. The zero-order valence-corrected chi connectivity index (χ0v) is 28.3. The van der Waals surface area contributed by atoms with E-state index in [1.165, 1.54) is 54.6 Å². The summed E-state index contributed by atoms with van der Waals surface area (Å²) in [5, 5.41) is 14.8. The summed E-state index contributed by atoms with van der Waals surface area (Å²) >= 11 is 0. The van der Waals surface area contributed by atoms with Crippen LogP contribution in [-0.4, -0.2) is 0 Å². The predicted molar refractivity (Wildman–Crippen MR) is 211 cm³/mol. The van der Waals surface area contributed by atoms with Crippen LogP contribution < -0.4 is 15.9 Å². The highest BCUT2D eigenvalue weighted by atomic mass is 31.2. The highest BCUT2D eigenvalue weighted by molar-refractivity contribution is 7.85. The molecule has 10 rings (SSSR count). The highest BCUT2D eigenvalue weighted by Crippen LogP contribution is 2.53. The van der Waals surface area contributed by atoms with Gasteiger partial charge in [0, 0.05) is 21.3 Å². The molecule has 0 saturated heterocycles. The molecule has 2 heteroatoms. The normalized spacial score (nSPS) is 13.8. The van der Waals surface area contributed by atoms with E-state index in [9.17, 15) is 0 Å². The van der Waals surface area contributed by atoms with Crippen LogP contribution in [0.3, 0.4) is 0 Å². The smallest absolute Gasteiger partial charge is 0.171 e. The Hall–Kier alpha value is -5.49. The molecule has 0 fully saturated rings. The number of hydrogen-bond acceptors (Lipinski definition) is 1. The van der Waals surface area contributed by atoms with Gasteiger partial charge in [-0.05, 0) is 106 Å². The minimum atomic E-state index is -3.28. The standard InChI is InChI=1S/C47H33OP/c1-47(2)45-27-36(49(48,34-21-19-30-11-3-5-13-32(30)25-34)35-22-20-31-12-4-6-14-33(31)26-35)23-24-41(45)44-28-42-39-17-9-7-15-37(39)38-16-8-10-18-40(38)43(42)29-46(44)47/h3-29H,1-2H3. The van der Waals surface area contributed by atoms with Crippen LogP contribution in [0.1, 0.15) is 25.0 Å². The van der Waals surface area contributed by atoms with Crippen molar-refractivity contribution in [3.63, 3.8) is 0 Å². The molecule has 0 radical (unpaired) electrons. The minimum Gasteiger partial charge on any atom is -0.309 e. The lowest BCUT2D eigenvalue weighted by Gasteiger charge is -2.25. The Balaban J connectivity index is 1.23. The summed E-state index contributed by atoms with van der Waals surface area (Å²) < 4.78 is 16.1. The van der Waals surface area contributed by atoms with Crippen molar-refractivity contribution in [2.75, 3.05) is 0 Å². The highest BCUT2D eigenvalue weighted by Gasteiger charge is 2.39. The van der Waals surface area contributed by atoms with E-state index in [-0.39, 0.29) is 5.41 Å². The Bertz CT molecular complexity index is 2810. The van der Waals surface area contributed by atoms with E-state index in [0.717, 1.165) is 37.5 Å². The van der Waals surface area contributed by atoms with E-state index >= 15 is 4.57 Å². The van der Waals surface area contributed by atoms with Crippen LogP contribution in [0.25, 0.3) is 65.0 Å². The minimum absolute atomic E-state index is 0.279. The van der Waals surface area contributed by atoms with Crippen LogP contribution in [-0.2, 0) is 9.98 Å². The van der Waals surface area contributed by atoms with Crippen molar-refractivity contribution in [2.45, 2.75) is 19.3 Å². The lowest BCUT2D eigenvalue weighted by atomic mass is 9.81. The molecule has 9 aromatic rings. The molecule has 0 spiro atoms. The van der Waals surface area contributed by atoms with E-state index in [4.69, 9.17) is 0 Å². The van der Waals surface area contributed by atoms with Gasteiger partial charge in [-0.2, -0.15) is 0 Å². The number of hydrogen-bond donors (Lipinski definition) is 0. The fourth-order valence-corrected chi connectivity index (χ4v) is 11.2. The van der Waals surface area contributed by atoms with E-state index in [0.29, 0.717) is 0 Å². The van der Waals surface area contributed by atoms with Crippen molar-refractivity contribution in [3.05, 3.63) is 175 Å². The predicted octanol–water partition coefficient (Wildman–Crippen LogP) is 11.4. The zero-order chi connectivity index (χ0) is 32.9. The van der Waals surface area contributed by atoms with E-state index in [1.54, 1.807) is 0 Å². The third-order valence-corrected chi connectivity index (χ3v) is 14.1. The van der Waals surface area contributed by atoms with Gasteiger partial charge in [-0.25, -0.2) is 0 Å². The van der Waals surface area contributed by atoms with Crippen LogP contribution in [0.2, 0.25) is 0 Å². The molecular weight excluding hydrogens is 611 g/mol. The molecule has 0 unspecified atom stereocenters. The molecule has 0 amide bonds. The molecule has 0 saturated carbocycles. The second-order valence-corrected chi connectivity index (χ2v) is 16.8. The maximum absolute atomic E-state index is 16.1. The van der Waals surface area contributed by atoms with Crippen LogP contribution >= 0.6 is 7.14 Å². The summed E-state index contributed by atoms with van der Waals surface area (Å²) in [6.45, 7) is 4.65. The van der Waals surface area contributed by atoms with Gasteiger partial charge in [-0.1, -0.05) is 147 Å². The van der Waals surface area contributed by atoms with Gasteiger partial charge < -0.3 is 4.57 Å². The molecule has 1 aliphatic rings. The molecule has 0 bridgehead atoms. The van der Waals surface area contributed by atoms with E-state index in [1.807, 2.05) is 0 Å². The quantitative estimate of drug-likeness (QED) is 0.138. The first-order valence-electron chi connectivity index (χ1n) is 17.0. The van der Waals surface area contributed by atoms with Crippen molar-refractivity contribution in [3.8, 4) is 11.1 Å². The summed E-state index contributed by atoms with van der Waals surface area (Å²) in [4.78, 5) is 0. The Labute approximate surface area is 285 Å². The summed E-state index contributed by atoms with van der Waals surface area (Å²) in [5.74, 6) is 0. The molecule has 0 heterocycles. The fourth-order valence-electron chi connectivity index (χ4n) is 8.51. The summed E-state index contributed by atoms with van der Waals surface area (Å²) in [5.41, 5.74) is 4.76. The third-order valence-electron chi connectivity index (χ3n) is 11.1. The molecule has 9 aromatic carbocycles. The fraction of sp³-hybridized carbons (Fsp3) is 0.0638. The molecule has 0 N–H and O–H groups in total. The average molecular weight is 645 g/mol. The molecule has 0 atom stereocenters. The lowest BCUT2D eigenvalue weighted by molar-refractivity contribution is 0.592. The summed E-state index contributed by atoms with van der Waals surface area (Å²) in [6.07, 6.45) is 0. The number of benzene rings is 9. The van der Waals surface area contributed by atoms with Gasteiger partial charge in [0.05, 0.1) is 0 Å². The van der Waals surface area contributed by atoms with Crippen molar-refractivity contribution in [1.82, 2.24) is 0 Å². The topological polar surface area (TPSA) is 17.1 Å². The van der Waals surface area contributed by atoms with Crippen LogP contribution in [0.15, 0.2) is 164 Å². The summed E-state index contributed by atoms with van der Waals surface area (Å²) in [6, 6.07) is 58.4. The van der Waals surface area contributed by atoms with E-state index in [2.05, 4.69) is 178 Å². The van der Waals surface area contributed by atoms with E-state index < -0.39 is 7.14 Å². The Morgan fingerprint density at radius 1 is 0.367 bits per heavy atom. The van der Waals surface area contributed by atoms with Crippen LogP contribution in [0.5, 0.6) is 0 Å². The second kappa shape index (κ2) is 10.3. The van der Waals surface area contributed by atoms with Gasteiger partial charge >= 0.3 is 0 Å². The molecular formula is C47H33OP. The molecule has 232 valence electrons. The third kappa shape index (κ3) is 4.03. The molecule has 1 nitrogen and oxygen atoms in total. The zero-order valence-electron chi connectivity index (χ0n) is 27.4.